The van der Waals surface area contributed by atoms with E-state index in [0.29, 0.717) is 4.90 Å². The summed E-state index contributed by atoms with van der Waals surface area (Å²) >= 11 is 1.03. The van der Waals surface area contributed by atoms with Gasteiger partial charge < -0.3 is 5.11 Å². The quantitative estimate of drug-likeness (QED) is 0.681. The van der Waals surface area contributed by atoms with Gasteiger partial charge in [0.15, 0.2) is 0 Å². The number of rotatable bonds is 4. The molecule has 0 spiro atoms. The molecule has 2 aromatic rings. The first kappa shape index (κ1) is 14.5. The number of nitro benzene ring substituents is 1. The smallest absolute Gasteiger partial charge is 0.338 e. The summed E-state index contributed by atoms with van der Waals surface area (Å²) < 4.78 is 0. The van der Waals surface area contributed by atoms with Gasteiger partial charge in [-0.1, -0.05) is 11.8 Å². The van der Waals surface area contributed by atoms with Crippen molar-refractivity contribution in [1.82, 2.24) is 4.98 Å². The molecule has 21 heavy (non-hydrogen) atoms. The van der Waals surface area contributed by atoms with Crippen LogP contribution in [0.5, 0.6) is 0 Å². The van der Waals surface area contributed by atoms with Crippen LogP contribution in [0, 0.1) is 21.4 Å². The zero-order valence-corrected chi connectivity index (χ0v) is 11.2. The van der Waals surface area contributed by atoms with Crippen molar-refractivity contribution in [3.63, 3.8) is 0 Å². The van der Waals surface area contributed by atoms with Crippen LogP contribution >= 0.6 is 11.8 Å². The minimum Gasteiger partial charge on any atom is -0.478 e. The highest BCUT2D eigenvalue weighted by molar-refractivity contribution is 7.99. The van der Waals surface area contributed by atoms with E-state index in [9.17, 15) is 14.9 Å². The molecule has 0 aliphatic rings. The first-order valence-corrected chi connectivity index (χ1v) is 6.39. The Labute approximate surface area is 123 Å². The van der Waals surface area contributed by atoms with Crippen molar-refractivity contribution >= 4 is 23.4 Å². The third-order valence-corrected chi connectivity index (χ3v) is 3.51. The Balaban J connectivity index is 2.40. The van der Waals surface area contributed by atoms with E-state index >= 15 is 0 Å². The molecule has 1 heterocycles. The summed E-state index contributed by atoms with van der Waals surface area (Å²) in [4.78, 5) is 25.7. The number of benzene rings is 1. The normalized spacial score (nSPS) is 9.86. The lowest BCUT2D eigenvalue weighted by Gasteiger charge is -2.04. The molecule has 2 rings (SSSR count). The van der Waals surface area contributed by atoms with Gasteiger partial charge in [0.25, 0.3) is 5.69 Å². The van der Waals surface area contributed by atoms with Crippen molar-refractivity contribution in [2.24, 2.45) is 0 Å². The predicted octanol–water partition coefficient (Wildman–Crippen LogP) is 2.71. The van der Waals surface area contributed by atoms with Gasteiger partial charge in [0, 0.05) is 17.2 Å². The summed E-state index contributed by atoms with van der Waals surface area (Å²) in [5.74, 6) is -1.12. The van der Waals surface area contributed by atoms with Crippen LogP contribution in [-0.2, 0) is 0 Å². The van der Waals surface area contributed by atoms with Crippen molar-refractivity contribution in [1.29, 1.82) is 5.26 Å². The largest absolute Gasteiger partial charge is 0.478 e. The predicted molar refractivity (Wildman–Crippen MR) is 73.1 cm³/mol. The minimum absolute atomic E-state index is 0.0272. The van der Waals surface area contributed by atoms with Gasteiger partial charge in [-0.2, -0.15) is 5.26 Å². The Morgan fingerprint density at radius 1 is 1.43 bits per heavy atom. The molecule has 0 bridgehead atoms. The van der Waals surface area contributed by atoms with Gasteiger partial charge >= 0.3 is 5.97 Å². The molecule has 0 fully saturated rings. The second kappa shape index (κ2) is 6.02. The first-order chi connectivity index (χ1) is 10.0. The van der Waals surface area contributed by atoms with Crippen LogP contribution in [0.25, 0.3) is 0 Å². The molecule has 1 aromatic carbocycles. The zero-order valence-electron chi connectivity index (χ0n) is 10.4. The molecular formula is C13H7N3O4S. The van der Waals surface area contributed by atoms with Crippen molar-refractivity contribution in [3.05, 3.63) is 57.8 Å². The van der Waals surface area contributed by atoms with Crippen LogP contribution in [0.1, 0.15) is 15.9 Å². The van der Waals surface area contributed by atoms with Crippen LogP contribution in [-0.4, -0.2) is 21.0 Å². The van der Waals surface area contributed by atoms with Crippen LogP contribution in [0.15, 0.2) is 46.5 Å². The molecule has 0 saturated carbocycles. The molecule has 7 nitrogen and oxygen atoms in total. The van der Waals surface area contributed by atoms with Crippen LogP contribution in [0.3, 0.4) is 0 Å². The van der Waals surface area contributed by atoms with Gasteiger partial charge in [0.1, 0.15) is 16.7 Å². The van der Waals surface area contributed by atoms with Crippen molar-refractivity contribution in [3.8, 4) is 6.07 Å². The molecule has 0 aliphatic carbocycles. The zero-order chi connectivity index (χ0) is 15.4. The Hall–Kier alpha value is -2.92. The van der Waals surface area contributed by atoms with E-state index in [1.165, 1.54) is 36.5 Å². The number of pyridine rings is 1. The van der Waals surface area contributed by atoms with E-state index in [4.69, 9.17) is 10.4 Å². The summed E-state index contributed by atoms with van der Waals surface area (Å²) in [6.45, 7) is 0. The molecule has 0 aliphatic heterocycles. The van der Waals surface area contributed by atoms with Gasteiger partial charge in [0.2, 0.25) is 0 Å². The number of hydrogen-bond donors (Lipinski definition) is 1. The SMILES string of the molecule is N#Cc1cc(Sc2ncccc2C(=O)O)ccc1[N+](=O)[O-]. The lowest BCUT2D eigenvalue weighted by molar-refractivity contribution is -0.385. The summed E-state index contributed by atoms with van der Waals surface area (Å²) in [7, 11) is 0. The maximum absolute atomic E-state index is 11.1. The van der Waals surface area contributed by atoms with E-state index in [0.717, 1.165) is 11.8 Å². The molecule has 0 unspecified atom stereocenters. The molecular weight excluding hydrogens is 294 g/mol. The average molecular weight is 301 g/mol. The molecule has 0 atom stereocenters. The number of carboxylic acid groups (broad SMARTS) is 1. The Morgan fingerprint density at radius 3 is 2.81 bits per heavy atom. The van der Waals surface area contributed by atoms with E-state index < -0.39 is 10.9 Å². The summed E-state index contributed by atoms with van der Waals surface area (Å²) in [6.07, 6.45) is 1.45. The highest BCUT2D eigenvalue weighted by Crippen LogP contribution is 2.31. The molecule has 8 heteroatoms. The third kappa shape index (κ3) is 3.16. The summed E-state index contributed by atoms with van der Waals surface area (Å²) in [5.41, 5.74) is -0.349. The Morgan fingerprint density at radius 2 is 2.19 bits per heavy atom. The molecule has 104 valence electrons. The molecule has 1 N–H and O–H groups in total. The standard InChI is InChI=1S/C13H7N3O4S/c14-7-8-6-9(3-4-11(8)16(19)20)21-12-10(13(17)18)2-1-5-15-12/h1-6H,(H,17,18). The van der Waals surface area contributed by atoms with Gasteiger partial charge in [-0.25, -0.2) is 9.78 Å². The molecule has 0 saturated heterocycles. The fourth-order valence-electron chi connectivity index (χ4n) is 1.57. The van der Waals surface area contributed by atoms with Gasteiger partial charge in [-0.15, -0.1) is 0 Å². The highest BCUT2D eigenvalue weighted by atomic mass is 32.2. The number of nitriles is 1. The summed E-state index contributed by atoms with van der Waals surface area (Å²) in [6, 6.07) is 8.66. The third-order valence-electron chi connectivity index (χ3n) is 2.50. The average Bonchev–Trinajstić information content (AvgIpc) is 2.47. The summed E-state index contributed by atoms with van der Waals surface area (Å²) in [5, 5.41) is 29.0. The molecule has 0 radical (unpaired) electrons. The highest BCUT2D eigenvalue weighted by Gasteiger charge is 2.16. The maximum atomic E-state index is 11.1. The fourth-order valence-corrected chi connectivity index (χ4v) is 2.49. The Kier molecular flexibility index (Phi) is 4.15. The number of nitrogens with zero attached hydrogens (tertiary/aromatic N) is 3. The number of carbonyl (C=O) groups is 1. The van der Waals surface area contributed by atoms with E-state index in [1.807, 2.05) is 0 Å². The topological polar surface area (TPSA) is 117 Å². The lowest BCUT2D eigenvalue weighted by Crippen LogP contribution is -2.00. The number of carboxylic acids is 1. The van der Waals surface area contributed by atoms with Crippen molar-refractivity contribution < 1.29 is 14.8 Å². The lowest BCUT2D eigenvalue weighted by atomic mass is 10.2. The monoisotopic (exact) mass is 301 g/mol. The second-order valence-corrected chi connectivity index (χ2v) is 4.87. The van der Waals surface area contributed by atoms with E-state index in [2.05, 4.69) is 4.98 Å². The minimum atomic E-state index is -1.12. The van der Waals surface area contributed by atoms with Gasteiger partial charge in [-0.05, 0) is 24.3 Å². The number of aromatic nitrogens is 1. The van der Waals surface area contributed by atoms with Crippen LogP contribution < -0.4 is 0 Å². The Bertz CT molecular complexity index is 770. The van der Waals surface area contributed by atoms with Crippen LogP contribution in [0.2, 0.25) is 0 Å². The maximum Gasteiger partial charge on any atom is 0.338 e. The van der Waals surface area contributed by atoms with Gasteiger partial charge in [0.05, 0.1) is 10.5 Å². The molecule has 0 amide bonds. The second-order valence-electron chi connectivity index (χ2n) is 3.81. The van der Waals surface area contributed by atoms with E-state index in [1.54, 1.807) is 6.07 Å². The van der Waals surface area contributed by atoms with Crippen LogP contribution in [0.4, 0.5) is 5.69 Å². The number of nitro groups is 1. The van der Waals surface area contributed by atoms with Crippen molar-refractivity contribution in [2.45, 2.75) is 9.92 Å². The number of hydrogen-bond acceptors (Lipinski definition) is 6. The first-order valence-electron chi connectivity index (χ1n) is 5.57. The van der Waals surface area contributed by atoms with Crippen molar-refractivity contribution in [2.75, 3.05) is 0 Å². The number of aromatic carboxylic acids is 1. The van der Waals surface area contributed by atoms with E-state index in [-0.39, 0.29) is 21.8 Å². The van der Waals surface area contributed by atoms with Gasteiger partial charge in [-0.3, -0.25) is 10.1 Å². The fraction of sp³-hybridized carbons (Fsp3) is 0. The molecule has 1 aromatic heterocycles.